The maximum atomic E-state index is 12.3. The Hall–Kier alpha value is -1.07. The number of carbonyl (C=O) groups is 1. The van der Waals surface area contributed by atoms with Crippen LogP contribution in [-0.4, -0.2) is 47.7 Å². The number of hydrogen-bond donors (Lipinski definition) is 0. The number of likely N-dealkylation sites (tertiary alicyclic amines) is 1. The van der Waals surface area contributed by atoms with E-state index in [0.717, 1.165) is 25.9 Å². The Morgan fingerprint density at radius 3 is 2.82 bits per heavy atom. The number of ether oxygens (including phenoxy) is 1. The monoisotopic (exact) mass is 324 g/mol. The van der Waals surface area contributed by atoms with E-state index in [-0.39, 0.29) is 6.09 Å². The first-order valence-electron chi connectivity index (χ1n) is 8.01. The fourth-order valence-corrected chi connectivity index (χ4v) is 3.66. The van der Waals surface area contributed by atoms with Gasteiger partial charge in [-0.05, 0) is 59.0 Å². The summed E-state index contributed by atoms with van der Waals surface area (Å²) in [6.45, 7) is 9.53. The first-order valence-corrected chi connectivity index (χ1v) is 8.89. The molecule has 1 aromatic rings. The molecule has 1 fully saturated rings. The number of thiophene rings is 1. The third kappa shape index (κ3) is 4.46. The van der Waals surface area contributed by atoms with Crippen molar-refractivity contribution in [1.29, 1.82) is 0 Å². The Bertz CT molecular complexity index is 481. The van der Waals surface area contributed by atoms with E-state index in [2.05, 4.69) is 36.4 Å². The molecule has 4 nitrogen and oxygen atoms in total. The van der Waals surface area contributed by atoms with Crippen LogP contribution < -0.4 is 0 Å². The zero-order valence-corrected chi connectivity index (χ0v) is 15.2. The van der Waals surface area contributed by atoms with Gasteiger partial charge in [0.25, 0.3) is 0 Å². The van der Waals surface area contributed by atoms with Gasteiger partial charge in [0.2, 0.25) is 0 Å². The molecule has 0 radical (unpaired) electrons. The fraction of sp³-hybridized carbons (Fsp3) is 0.706. The summed E-state index contributed by atoms with van der Waals surface area (Å²) in [6.07, 6.45) is 1.98. The standard InChI is InChI=1S/C17H28N2O2S/c1-13(15-9-7-11-22-15)18(5)14-8-6-10-19(12-14)16(20)21-17(2,3)4/h7,9,11,13-14H,6,8,10,12H2,1-5H3/t13-,14-/m1/s1. The van der Waals surface area contributed by atoms with E-state index >= 15 is 0 Å². The van der Waals surface area contributed by atoms with E-state index in [1.807, 2.05) is 25.7 Å². The third-order valence-electron chi connectivity index (χ3n) is 4.19. The quantitative estimate of drug-likeness (QED) is 0.837. The molecule has 2 atom stereocenters. The van der Waals surface area contributed by atoms with Crippen molar-refractivity contribution in [1.82, 2.24) is 9.80 Å². The topological polar surface area (TPSA) is 32.8 Å². The summed E-state index contributed by atoms with van der Waals surface area (Å²) in [4.78, 5) is 17.9. The van der Waals surface area contributed by atoms with E-state index in [4.69, 9.17) is 4.74 Å². The highest BCUT2D eigenvalue weighted by atomic mass is 32.1. The molecule has 5 heteroatoms. The number of rotatable bonds is 3. The number of amides is 1. The molecule has 124 valence electrons. The summed E-state index contributed by atoms with van der Waals surface area (Å²) in [5.74, 6) is 0. The Balaban J connectivity index is 1.96. The van der Waals surface area contributed by atoms with Crippen LogP contribution in [0.5, 0.6) is 0 Å². The maximum Gasteiger partial charge on any atom is 0.410 e. The maximum absolute atomic E-state index is 12.3. The van der Waals surface area contributed by atoms with Gasteiger partial charge >= 0.3 is 6.09 Å². The van der Waals surface area contributed by atoms with Crippen LogP contribution in [0.1, 0.15) is 51.5 Å². The highest BCUT2D eigenvalue weighted by Gasteiger charge is 2.31. The summed E-state index contributed by atoms with van der Waals surface area (Å²) in [5, 5.41) is 2.12. The van der Waals surface area contributed by atoms with Crippen molar-refractivity contribution in [3.63, 3.8) is 0 Å². The van der Waals surface area contributed by atoms with Crippen LogP contribution in [0.3, 0.4) is 0 Å². The van der Waals surface area contributed by atoms with E-state index in [1.165, 1.54) is 4.88 Å². The van der Waals surface area contributed by atoms with Crippen molar-refractivity contribution in [2.75, 3.05) is 20.1 Å². The van der Waals surface area contributed by atoms with Crippen LogP contribution in [-0.2, 0) is 4.74 Å². The van der Waals surface area contributed by atoms with Gasteiger partial charge in [0.05, 0.1) is 0 Å². The molecule has 1 aromatic heterocycles. The van der Waals surface area contributed by atoms with Gasteiger partial charge in [-0.1, -0.05) is 6.07 Å². The Morgan fingerprint density at radius 1 is 1.50 bits per heavy atom. The average molecular weight is 324 g/mol. The smallest absolute Gasteiger partial charge is 0.410 e. The number of nitrogens with zero attached hydrogens (tertiary/aromatic N) is 2. The highest BCUT2D eigenvalue weighted by Crippen LogP contribution is 2.28. The zero-order valence-electron chi connectivity index (χ0n) is 14.3. The summed E-state index contributed by atoms with van der Waals surface area (Å²) >= 11 is 1.79. The van der Waals surface area contributed by atoms with Gasteiger partial charge in [-0.25, -0.2) is 4.79 Å². The van der Waals surface area contributed by atoms with Crippen LogP contribution in [0.15, 0.2) is 17.5 Å². The van der Waals surface area contributed by atoms with E-state index in [9.17, 15) is 4.79 Å². The van der Waals surface area contributed by atoms with E-state index < -0.39 is 5.60 Å². The molecule has 1 aliphatic rings. The molecule has 0 aliphatic carbocycles. The van der Waals surface area contributed by atoms with Crippen molar-refractivity contribution < 1.29 is 9.53 Å². The molecule has 0 N–H and O–H groups in total. The van der Waals surface area contributed by atoms with E-state index in [0.29, 0.717) is 12.1 Å². The molecule has 0 unspecified atom stereocenters. The summed E-state index contributed by atoms with van der Waals surface area (Å²) in [6, 6.07) is 5.04. The van der Waals surface area contributed by atoms with Crippen LogP contribution in [0.2, 0.25) is 0 Å². The molecule has 0 aromatic carbocycles. The van der Waals surface area contributed by atoms with Gasteiger partial charge in [-0.2, -0.15) is 0 Å². The van der Waals surface area contributed by atoms with Gasteiger partial charge in [0.15, 0.2) is 0 Å². The van der Waals surface area contributed by atoms with Crippen molar-refractivity contribution >= 4 is 17.4 Å². The highest BCUT2D eigenvalue weighted by molar-refractivity contribution is 7.10. The Morgan fingerprint density at radius 2 is 2.23 bits per heavy atom. The molecule has 1 saturated heterocycles. The molecular weight excluding hydrogens is 296 g/mol. The minimum absolute atomic E-state index is 0.186. The lowest BCUT2D eigenvalue weighted by Crippen LogP contribution is -2.50. The lowest BCUT2D eigenvalue weighted by Gasteiger charge is -2.40. The van der Waals surface area contributed by atoms with Crippen molar-refractivity contribution in [2.45, 2.75) is 58.2 Å². The second-order valence-electron chi connectivity index (χ2n) is 7.08. The lowest BCUT2D eigenvalue weighted by atomic mass is 10.0. The summed E-state index contributed by atoms with van der Waals surface area (Å²) < 4.78 is 5.51. The van der Waals surface area contributed by atoms with Crippen molar-refractivity contribution in [3.8, 4) is 0 Å². The largest absolute Gasteiger partial charge is 0.444 e. The Kier molecular flexibility index (Phi) is 5.50. The van der Waals surface area contributed by atoms with E-state index in [1.54, 1.807) is 11.3 Å². The van der Waals surface area contributed by atoms with Gasteiger partial charge in [0, 0.05) is 30.1 Å². The molecule has 0 spiro atoms. The normalized spacial score (nSPS) is 21.0. The van der Waals surface area contributed by atoms with Crippen LogP contribution in [0, 0.1) is 0 Å². The fourth-order valence-electron chi connectivity index (χ4n) is 2.83. The molecular formula is C17H28N2O2S. The lowest BCUT2D eigenvalue weighted by molar-refractivity contribution is 0.00984. The predicted molar refractivity (Wildman–Crippen MR) is 91.3 cm³/mol. The molecule has 0 bridgehead atoms. The van der Waals surface area contributed by atoms with Crippen LogP contribution in [0.4, 0.5) is 4.79 Å². The second kappa shape index (κ2) is 7.01. The number of carbonyl (C=O) groups excluding carboxylic acids is 1. The number of hydrogen-bond acceptors (Lipinski definition) is 4. The third-order valence-corrected chi connectivity index (χ3v) is 5.23. The van der Waals surface area contributed by atoms with Crippen LogP contribution in [0.25, 0.3) is 0 Å². The van der Waals surface area contributed by atoms with Crippen molar-refractivity contribution in [2.24, 2.45) is 0 Å². The average Bonchev–Trinajstić information content (AvgIpc) is 2.98. The Labute approximate surface area is 138 Å². The minimum Gasteiger partial charge on any atom is -0.444 e. The van der Waals surface area contributed by atoms with Crippen LogP contribution >= 0.6 is 11.3 Å². The molecule has 0 saturated carbocycles. The first-order chi connectivity index (χ1) is 10.3. The molecule has 2 rings (SSSR count). The summed E-state index contributed by atoms with van der Waals surface area (Å²) in [7, 11) is 2.16. The second-order valence-corrected chi connectivity index (χ2v) is 8.06. The molecule has 2 heterocycles. The zero-order chi connectivity index (χ0) is 16.3. The SMILES string of the molecule is C[C@H](c1cccs1)N(C)[C@@H]1CCCN(C(=O)OC(C)(C)C)C1. The first kappa shape index (κ1) is 17.3. The number of likely N-dealkylation sites (N-methyl/N-ethyl adjacent to an activating group) is 1. The van der Waals surface area contributed by atoms with Gasteiger partial charge in [-0.15, -0.1) is 11.3 Å². The summed E-state index contributed by atoms with van der Waals surface area (Å²) in [5.41, 5.74) is -0.430. The van der Waals surface area contributed by atoms with Gasteiger partial charge in [-0.3, -0.25) is 4.90 Å². The minimum atomic E-state index is -0.430. The van der Waals surface area contributed by atoms with Crippen molar-refractivity contribution in [3.05, 3.63) is 22.4 Å². The molecule has 22 heavy (non-hydrogen) atoms. The molecule has 1 amide bonds. The number of piperidine rings is 1. The predicted octanol–water partition coefficient (Wildman–Crippen LogP) is 4.14. The van der Waals surface area contributed by atoms with Gasteiger partial charge in [0.1, 0.15) is 5.60 Å². The molecule has 1 aliphatic heterocycles. The van der Waals surface area contributed by atoms with Gasteiger partial charge < -0.3 is 9.64 Å².